The van der Waals surface area contributed by atoms with Gasteiger partial charge in [-0.2, -0.15) is 4.31 Å². The minimum absolute atomic E-state index is 0.229. The summed E-state index contributed by atoms with van der Waals surface area (Å²) in [6.07, 6.45) is 3.93. The highest BCUT2D eigenvalue weighted by Crippen LogP contribution is 2.28. The van der Waals surface area contributed by atoms with Crippen molar-refractivity contribution in [3.63, 3.8) is 0 Å². The number of hydrogen-bond acceptors (Lipinski definition) is 3. The van der Waals surface area contributed by atoms with Gasteiger partial charge in [0, 0.05) is 19.6 Å². The first-order valence-corrected chi connectivity index (χ1v) is 11.6. The van der Waals surface area contributed by atoms with Crippen LogP contribution in [0.15, 0.2) is 53.4 Å². The summed E-state index contributed by atoms with van der Waals surface area (Å²) in [5.41, 5.74) is 1.57. The molecule has 0 aromatic heterocycles. The van der Waals surface area contributed by atoms with Crippen LogP contribution in [0, 0.1) is 0 Å². The van der Waals surface area contributed by atoms with Crippen LogP contribution in [0.2, 0.25) is 5.02 Å². The van der Waals surface area contributed by atoms with Gasteiger partial charge >= 0.3 is 0 Å². The molecule has 1 heterocycles. The van der Waals surface area contributed by atoms with Crippen LogP contribution >= 0.6 is 23.8 Å². The van der Waals surface area contributed by atoms with E-state index >= 15 is 0 Å². The highest BCUT2D eigenvalue weighted by Gasteiger charge is 2.25. The predicted octanol–water partition coefficient (Wildman–Crippen LogP) is 4.39. The molecule has 0 unspecified atom stereocenters. The molecular formula is C20H24ClN3O2S2. The van der Waals surface area contributed by atoms with E-state index < -0.39 is 10.0 Å². The van der Waals surface area contributed by atoms with Crippen molar-refractivity contribution in [1.82, 2.24) is 9.62 Å². The maximum absolute atomic E-state index is 13.0. The Balaban J connectivity index is 1.71. The van der Waals surface area contributed by atoms with E-state index in [2.05, 4.69) is 10.6 Å². The Kier molecular flexibility index (Phi) is 7.29. The lowest BCUT2D eigenvalue weighted by molar-refractivity contribution is 0.424. The molecule has 8 heteroatoms. The van der Waals surface area contributed by atoms with Gasteiger partial charge in [0.15, 0.2) is 5.11 Å². The quantitative estimate of drug-likeness (QED) is 0.679. The first-order chi connectivity index (χ1) is 13.5. The highest BCUT2D eigenvalue weighted by atomic mass is 35.5. The molecule has 0 amide bonds. The number of hydrogen-bond donors (Lipinski definition) is 2. The van der Waals surface area contributed by atoms with E-state index in [9.17, 15) is 8.42 Å². The summed E-state index contributed by atoms with van der Waals surface area (Å²) in [6, 6.07) is 14.6. The van der Waals surface area contributed by atoms with Crippen LogP contribution in [0.1, 0.15) is 31.2 Å². The molecule has 150 valence electrons. The van der Waals surface area contributed by atoms with Gasteiger partial charge in [0.2, 0.25) is 10.0 Å². The van der Waals surface area contributed by atoms with E-state index in [1.807, 2.05) is 30.3 Å². The van der Waals surface area contributed by atoms with Gasteiger partial charge in [0.25, 0.3) is 0 Å². The van der Waals surface area contributed by atoms with Gasteiger partial charge in [-0.05, 0) is 48.8 Å². The Labute approximate surface area is 177 Å². The summed E-state index contributed by atoms with van der Waals surface area (Å²) in [4.78, 5) is 0.229. The van der Waals surface area contributed by atoms with Crippen LogP contribution in [0.4, 0.5) is 5.69 Å². The van der Waals surface area contributed by atoms with Crippen LogP contribution in [0.25, 0.3) is 0 Å². The fraction of sp³-hybridized carbons (Fsp3) is 0.350. The summed E-state index contributed by atoms with van der Waals surface area (Å²) >= 11 is 11.6. The molecule has 1 aliphatic rings. The average Bonchev–Trinajstić information content (AvgIpc) is 2.99. The number of sulfonamides is 1. The molecule has 2 N–H and O–H groups in total. The van der Waals surface area contributed by atoms with E-state index in [0.29, 0.717) is 35.5 Å². The zero-order chi connectivity index (χ0) is 20.0. The molecule has 5 nitrogen and oxygen atoms in total. The second-order valence-corrected chi connectivity index (χ2v) is 9.51. The van der Waals surface area contributed by atoms with Crippen LogP contribution in [-0.4, -0.2) is 30.9 Å². The summed E-state index contributed by atoms with van der Waals surface area (Å²) < 4.78 is 27.6. The van der Waals surface area contributed by atoms with Crippen molar-refractivity contribution in [3.05, 3.63) is 59.1 Å². The fourth-order valence-corrected chi connectivity index (χ4v) is 5.03. The van der Waals surface area contributed by atoms with E-state index in [1.165, 1.54) is 0 Å². The SMILES string of the molecule is O=S(=O)(c1ccc(Cl)c(NC(=S)NCc2ccccc2)c1)N1CCCCCC1. The molecular weight excluding hydrogens is 414 g/mol. The maximum Gasteiger partial charge on any atom is 0.243 e. The van der Waals surface area contributed by atoms with E-state index in [1.54, 1.807) is 22.5 Å². The third kappa shape index (κ3) is 5.44. The van der Waals surface area contributed by atoms with E-state index in [0.717, 1.165) is 31.2 Å². The molecule has 0 atom stereocenters. The molecule has 2 aromatic carbocycles. The van der Waals surface area contributed by atoms with Crippen molar-refractivity contribution in [2.75, 3.05) is 18.4 Å². The summed E-state index contributed by atoms with van der Waals surface area (Å²) in [7, 11) is -3.54. The van der Waals surface area contributed by atoms with Gasteiger partial charge in [-0.1, -0.05) is 54.8 Å². The highest BCUT2D eigenvalue weighted by molar-refractivity contribution is 7.89. The first kappa shape index (κ1) is 21.0. The number of halogens is 1. The largest absolute Gasteiger partial charge is 0.358 e. The predicted molar refractivity (Wildman–Crippen MR) is 118 cm³/mol. The molecule has 0 bridgehead atoms. The Bertz CT molecular complexity index is 912. The van der Waals surface area contributed by atoms with Gasteiger partial charge in [0.05, 0.1) is 15.6 Å². The third-order valence-electron chi connectivity index (χ3n) is 4.68. The van der Waals surface area contributed by atoms with Crippen molar-refractivity contribution in [2.45, 2.75) is 37.1 Å². The zero-order valence-corrected chi connectivity index (χ0v) is 17.9. The van der Waals surface area contributed by atoms with Crippen LogP contribution < -0.4 is 10.6 Å². The number of nitrogens with one attached hydrogen (secondary N) is 2. The van der Waals surface area contributed by atoms with Crippen molar-refractivity contribution in [2.24, 2.45) is 0 Å². The van der Waals surface area contributed by atoms with Crippen LogP contribution in [0.5, 0.6) is 0 Å². The molecule has 0 saturated carbocycles. The topological polar surface area (TPSA) is 61.4 Å². The number of thiocarbonyl (C=S) groups is 1. The van der Waals surface area contributed by atoms with Crippen molar-refractivity contribution in [1.29, 1.82) is 0 Å². The zero-order valence-electron chi connectivity index (χ0n) is 15.5. The molecule has 2 aromatic rings. The Hall–Kier alpha value is -1.67. The molecule has 1 aliphatic heterocycles. The third-order valence-corrected chi connectivity index (χ3v) is 7.16. The second kappa shape index (κ2) is 9.69. The van der Waals surface area contributed by atoms with Crippen molar-refractivity contribution >= 4 is 44.6 Å². The van der Waals surface area contributed by atoms with Gasteiger partial charge < -0.3 is 10.6 Å². The number of rotatable bonds is 5. The monoisotopic (exact) mass is 437 g/mol. The molecule has 1 fully saturated rings. The summed E-state index contributed by atoms with van der Waals surface area (Å²) in [5, 5.41) is 6.92. The number of anilines is 1. The summed E-state index contributed by atoms with van der Waals surface area (Å²) in [6.45, 7) is 1.69. The Morgan fingerprint density at radius 3 is 2.39 bits per heavy atom. The molecule has 0 spiro atoms. The first-order valence-electron chi connectivity index (χ1n) is 9.35. The maximum atomic E-state index is 13.0. The van der Waals surface area contributed by atoms with Crippen molar-refractivity contribution < 1.29 is 8.42 Å². The molecule has 0 radical (unpaired) electrons. The lowest BCUT2D eigenvalue weighted by atomic mass is 10.2. The van der Waals surface area contributed by atoms with E-state index in [4.69, 9.17) is 23.8 Å². The smallest absolute Gasteiger partial charge is 0.243 e. The molecule has 3 rings (SSSR count). The Morgan fingerprint density at radius 1 is 1.04 bits per heavy atom. The Morgan fingerprint density at radius 2 is 1.71 bits per heavy atom. The normalized spacial score (nSPS) is 15.6. The van der Waals surface area contributed by atoms with Gasteiger partial charge in [0.1, 0.15) is 0 Å². The minimum atomic E-state index is -3.54. The fourth-order valence-electron chi connectivity index (χ4n) is 3.14. The minimum Gasteiger partial charge on any atom is -0.358 e. The number of benzene rings is 2. The summed E-state index contributed by atoms with van der Waals surface area (Å²) in [5.74, 6) is 0. The van der Waals surface area contributed by atoms with Gasteiger partial charge in [-0.3, -0.25) is 0 Å². The van der Waals surface area contributed by atoms with Gasteiger partial charge in [-0.25, -0.2) is 8.42 Å². The standard InChI is InChI=1S/C20H24ClN3O2S2/c21-18-11-10-17(28(25,26)24-12-6-1-2-7-13-24)14-19(18)23-20(27)22-15-16-8-4-3-5-9-16/h3-5,8-11,14H,1-2,6-7,12-13,15H2,(H2,22,23,27). The molecule has 1 saturated heterocycles. The van der Waals surface area contributed by atoms with E-state index in [-0.39, 0.29) is 4.90 Å². The lowest BCUT2D eigenvalue weighted by Crippen LogP contribution is -2.32. The average molecular weight is 438 g/mol. The van der Waals surface area contributed by atoms with Crippen LogP contribution in [-0.2, 0) is 16.6 Å². The van der Waals surface area contributed by atoms with Crippen molar-refractivity contribution in [3.8, 4) is 0 Å². The lowest BCUT2D eigenvalue weighted by Gasteiger charge is -2.21. The molecule has 0 aliphatic carbocycles. The number of nitrogens with zero attached hydrogens (tertiary/aromatic N) is 1. The van der Waals surface area contributed by atoms with Gasteiger partial charge in [-0.15, -0.1) is 0 Å². The second-order valence-electron chi connectivity index (χ2n) is 6.75. The van der Waals surface area contributed by atoms with Crippen LogP contribution in [0.3, 0.4) is 0 Å². The molecule has 28 heavy (non-hydrogen) atoms.